The molecule has 1 fully saturated rings. The summed E-state index contributed by atoms with van der Waals surface area (Å²) >= 11 is 18.8. The predicted molar refractivity (Wildman–Crippen MR) is 105 cm³/mol. The Hall–Kier alpha value is -1.53. The van der Waals surface area contributed by atoms with Crippen molar-refractivity contribution in [1.82, 2.24) is 0 Å². The fourth-order valence-electron chi connectivity index (χ4n) is 2.19. The van der Waals surface area contributed by atoms with Gasteiger partial charge in [-0.05, 0) is 42.0 Å². The van der Waals surface area contributed by atoms with Crippen molar-refractivity contribution in [2.75, 3.05) is 12.0 Å². The lowest BCUT2D eigenvalue weighted by Crippen LogP contribution is -2.27. The molecule has 3 rings (SSSR count). The van der Waals surface area contributed by atoms with E-state index in [9.17, 15) is 4.79 Å². The fourth-order valence-corrected chi connectivity index (χ4v) is 3.85. The Balaban J connectivity index is 1.93. The van der Waals surface area contributed by atoms with Gasteiger partial charge in [-0.1, -0.05) is 59.3 Å². The minimum absolute atomic E-state index is 0.189. The quantitative estimate of drug-likeness (QED) is 0.513. The maximum absolute atomic E-state index is 12.7. The van der Waals surface area contributed by atoms with Crippen molar-refractivity contribution in [3.63, 3.8) is 0 Å². The molecule has 0 aliphatic carbocycles. The van der Waals surface area contributed by atoms with Gasteiger partial charge in [0.15, 0.2) is 4.32 Å². The van der Waals surface area contributed by atoms with Crippen LogP contribution >= 0.6 is 47.2 Å². The molecule has 1 amide bonds. The van der Waals surface area contributed by atoms with Gasteiger partial charge in [-0.3, -0.25) is 9.69 Å². The standard InChI is InChI=1S/C17H11Cl2NO2S2/c1-22-12-7-5-11(6-8-12)20-16(21)14(24-17(20)23)9-10-3-2-4-13(18)15(10)19/h2-9H,1H3/b14-9-. The SMILES string of the molecule is COc1ccc(N2C(=O)/C(=C/c3cccc(Cl)c3Cl)SC2=S)cc1. The van der Waals surface area contributed by atoms with Crippen molar-refractivity contribution in [2.24, 2.45) is 0 Å². The molecule has 0 bridgehead atoms. The predicted octanol–water partition coefficient (Wildman–Crippen LogP) is 5.41. The molecule has 1 heterocycles. The summed E-state index contributed by atoms with van der Waals surface area (Å²) in [7, 11) is 1.59. The van der Waals surface area contributed by atoms with Gasteiger partial charge in [0.1, 0.15) is 5.75 Å². The zero-order chi connectivity index (χ0) is 17.3. The molecule has 2 aromatic carbocycles. The molecular formula is C17H11Cl2NO2S2. The number of hydrogen-bond acceptors (Lipinski definition) is 4. The van der Waals surface area contributed by atoms with Gasteiger partial charge in [0.25, 0.3) is 5.91 Å². The van der Waals surface area contributed by atoms with Crippen LogP contribution in [0.15, 0.2) is 47.4 Å². The molecule has 0 atom stereocenters. The third-order valence-electron chi connectivity index (χ3n) is 3.39. The monoisotopic (exact) mass is 395 g/mol. The topological polar surface area (TPSA) is 29.5 Å². The Morgan fingerprint density at radius 3 is 2.54 bits per heavy atom. The van der Waals surface area contributed by atoms with Crippen LogP contribution in [0.5, 0.6) is 5.75 Å². The molecular weight excluding hydrogens is 385 g/mol. The first kappa shape index (κ1) is 17.3. The first-order valence-corrected chi connectivity index (χ1v) is 8.85. The number of anilines is 1. The van der Waals surface area contributed by atoms with Crippen LogP contribution in [0.4, 0.5) is 5.69 Å². The summed E-state index contributed by atoms with van der Waals surface area (Å²) in [6.07, 6.45) is 1.71. The van der Waals surface area contributed by atoms with E-state index in [1.54, 1.807) is 55.7 Å². The van der Waals surface area contributed by atoms with E-state index >= 15 is 0 Å². The number of ether oxygens (including phenoxy) is 1. The Bertz CT molecular complexity index is 850. The van der Waals surface area contributed by atoms with Crippen LogP contribution in [0.3, 0.4) is 0 Å². The van der Waals surface area contributed by atoms with Crippen molar-refractivity contribution >= 4 is 69.2 Å². The molecule has 0 saturated carbocycles. The summed E-state index contributed by atoms with van der Waals surface area (Å²) in [4.78, 5) is 14.7. The lowest BCUT2D eigenvalue weighted by molar-refractivity contribution is -0.113. The molecule has 3 nitrogen and oxygen atoms in total. The number of rotatable bonds is 3. The highest BCUT2D eigenvalue weighted by molar-refractivity contribution is 8.27. The second kappa shape index (κ2) is 7.15. The lowest BCUT2D eigenvalue weighted by Gasteiger charge is -2.14. The summed E-state index contributed by atoms with van der Waals surface area (Å²) in [5.41, 5.74) is 1.37. The first-order chi connectivity index (χ1) is 11.5. The van der Waals surface area contributed by atoms with Crippen molar-refractivity contribution in [3.05, 3.63) is 63.0 Å². The van der Waals surface area contributed by atoms with E-state index in [0.29, 0.717) is 36.3 Å². The average molecular weight is 396 g/mol. The van der Waals surface area contributed by atoms with Crippen LogP contribution < -0.4 is 9.64 Å². The summed E-state index contributed by atoms with van der Waals surface area (Å²) in [6.45, 7) is 0. The molecule has 122 valence electrons. The largest absolute Gasteiger partial charge is 0.497 e. The maximum Gasteiger partial charge on any atom is 0.270 e. The number of amides is 1. The molecule has 0 radical (unpaired) electrons. The van der Waals surface area contributed by atoms with Gasteiger partial charge < -0.3 is 4.74 Å². The average Bonchev–Trinajstić information content (AvgIpc) is 2.86. The lowest BCUT2D eigenvalue weighted by atomic mass is 10.2. The second-order valence-corrected chi connectivity index (χ2v) is 7.32. The maximum atomic E-state index is 12.7. The van der Waals surface area contributed by atoms with Crippen molar-refractivity contribution in [2.45, 2.75) is 0 Å². The Morgan fingerprint density at radius 2 is 1.88 bits per heavy atom. The normalized spacial score (nSPS) is 16.1. The van der Waals surface area contributed by atoms with E-state index in [-0.39, 0.29) is 5.91 Å². The van der Waals surface area contributed by atoms with Crippen molar-refractivity contribution in [3.8, 4) is 5.75 Å². The minimum atomic E-state index is -0.189. The third-order valence-corrected chi connectivity index (χ3v) is 5.53. The number of benzene rings is 2. The number of carbonyl (C=O) groups is 1. The number of thiocarbonyl (C=S) groups is 1. The highest BCUT2D eigenvalue weighted by Crippen LogP contribution is 2.38. The summed E-state index contributed by atoms with van der Waals surface area (Å²) in [6, 6.07) is 12.4. The van der Waals surface area contributed by atoms with Crippen LogP contribution in [0.25, 0.3) is 6.08 Å². The highest BCUT2D eigenvalue weighted by Gasteiger charge is 2.33. The molecule has 0 unspecified atom stereocenters. The molecule has 1 aliphatic rings. The van der Waals surface area contributed by atoms with E-state index in [1.807, 2.05) is 0 Å². The number of nitrogens with zero attached hydrogens (tertiary/aromatic N) is 1. The van der Waals surface area contributed by atoms with Gasteiger partial charge in [-0.2, -0.15) is 0 Å². The minimum Gasteiger partial charge on any atom is -0.497 e. The van der Waals surface area contributed by atoms with Crippen LogP contribution in [0.1, 0.15) is 5.56 Å². The fraction of sp³-hybridized carbons (Fsp3) is 0.0588. The van der Waals surface area contributed by atoms with Crippen molar-refractivity contribution in [1.29, 1.82) is 0 Å². The Kier molecular flexibility index (Phi) is 5.15. The first-order valence-electron chi connectivity index (χ1n) is 6.87. The number of hydrogen-bond donors (Lipinski definition) is 0. The molecule has 0 N–H and O–H groups in total. The van der Waals surface area contributed by atoms with E-state index in [0.717, 1.165) is 0 Å². The van der Waals surface area contributed by atoms with Gasteiger partial charge in [-0.25, -0.2) is 0 Å². The van der Waals surface area contributed by atoms with Crippen LogP contribution in [0, 0.1) is 0 Å². The summed E-state index contributed by atoms with van der Waals surface area (Å²) in [5, 5.41) is 0.852. The van der Waals surface area contributed by atoms with Gasteiger partial charge >= 0.3 is 0 Å². The molecule has 7 heteroatoms. The van der Waals surface area contributed by atoms with E-state index in [4.69, 9.17) is 40.2 Å². The summed E-state index contributed by atoms with van der Waals surface area (Å²) < 4.78 is 5.60. The molecule has 0 spiro atoms. The zero-order valence-corrected chi connectivity index (χ0v) is 15.6. The van der Waals surface area contributed by atoms with Crippen LogP contribution in [-0.2, 0) is 4.79 Å². The van der Waals surface area contributed by atoms with E-state index < -0.39 is 0 Å². The van der Waals surface area contributed by atoms with Gasteiger partial charge in [0.2, 0.25) is 0 Å². The van der Waals surface area contributed by atoms with Gasteiger partial charge in [0.05, 0.1) is 27.7 Å². The van der Waals surface area contributed by atoms with E-state index in [2.05, 4.69) is 0 Å². The molecule has 1 aliphatic heterocycles. The second-order valence-electron chi connectivity index (χ2n) is 4.86. The number of halogens is 2. The summed E-state index contributed by atoms with van der Waals surface area (Å²) in [5.74, 6) is 0.525. The van der Waals surface area contributed by atoms with Crippen LogP contribution in [0.2, 0.25) is 10.0 Å². The van der Waals surface area contributed by atoms with E-state index in [1.165, 1.54) is 16.7 Å². The smallest absolute Gasteiger partial charge is 0.270 e. The number of methoxy groups -OCH3 is 1. The number of carbonyl (C=O) groups excluding carboxylic acids is 1. The Morgan fingerprint density at radius 1 is 1.17 bits per heavy atom. The highest BCUT2D eigenvalue weighted by atomic mass is 35.5. The molecule has 24 heavy (non-hydrogen) atoms. The third kappa shape index (κ3) is 3.30. The Labute approximate surface area is 159 Å². The van der Waals surface area contributed by atoms with Crippen LogP contribution in [-0.4, -0.2) is 17.3 Å². The molecule has 2 aromatic rings. The van der Waals surface area contributed by atoms with Gasteiger partial charge in [0, 0.05) is 0 Å². The number of thioether (sulfide) groups is 1. The van der Waals surface area contributed by atoms with Gasteiger partial charge in [-0.15, -0.1) is 0 Å². The van der Waals surface area contributed by atoms with Crippen molar-refractivity contribution < 1.29 is 9.53 Å². The molecule has 0 aromatic heterocycles. The molecule has 1 saturated heterocycles. The zero-order valence-electron chi connectivity index (χ0n) is 12.5.